The summed E-state index contributed by atoms with van der Waals surface area (Å²) >= 11 is 0. The highest BCUT2D eigenvalue weighted by Crippen LogP contribution is 2.30. The Labute approximate surface area is 102 Å². The lowest BCUT2D eigenvalue weighted by molar-refractivity contribution is -0.143. The molecule has 0 unspecified atom stereocenters. The molecule has 0 aromatic carbocycles. The standard InChI is InChI=1S/C12H21NO4/c1-7-6-13(9(8(7)2)10(14)15)11(16)17-12(3,4)5/h7-9H,6H2,1-5H3,(H,14,15)/t7-,8-,9-/m1/s1. The van der Waals surface area contributed by atoms with Gasteiger partial charge >= 0.3 is 12.1 Å². The Morgan fingerprint density at radius 3 is 2.24 bits per heavy atom. The van der Waals surface area contributed by atoms with E-state index in [-0.39, 0.29) is 11.8 Å². The van der Waals surface area contributed by atoms with Crippen LogP contribution in [0.3, 0.4) is 0 Å². The SMILES string of the molecule is C[C@@H]1[C@H](C)CN(C(=O)OC(C)(C)C)[C@H]1C(=O)O. The number of amides is 1. The van der Waals surface area contributed by atoms with Crippen LogP contribution < -0.4 is 0 Å². The minimum Gasteiger partial charge on any atom is -0.480 e. The molecule has 3 atom stereocenters. The molecule has 0 spiro atoms. The van der Waals surface area contributed by atoms with Crippen LogP contribution in [-0.4, -0.2) is 40.3 Å². The smallest absolute Gasteiger partial charge is 0.411 e. The van der Waals surface area contributed by atoms with Crippen molar-refractivity contribution in [2.75, 3.05) is 6.54 Å². The normalized spacial score (nSPS) is 29.2. The Bertz CT molecular complexity index is 321. The number of hydrogen-bond acceptors (Lipinski definition) is 3. The van der Waals surface area contributed by atoms with E-state index in [1.54, 1.807) is 20.8 Å². The molecule has 0 aromatic heterocycles. The first kappa shape index (κ1) is 13.8. The fraction of sp³-hybridized carbons (Fsp3) is 0.833. The molecule has 0 aliphatic carbocycles. The zero-order valence-electron chi connectivity index (χ0n) is 11.1. The first-order valence-corrected chi connectivity index (χ1v) is 5.86. The lowest BCUT2D eigenvalue weighted by atomic mass is 9.94. The van der Waals surface area contributed by atoms with Gasteiger partial charge in [-0.25, -0.2) is 9.59 Å². The number of carbonyl (C=O) groups excluding carboxylic acids is 1. The quantitative estimate of drug-likeness (QED) is 0.764. The van der Waals surface area contributed by atoms with Crippen molar-refractivity contribution >= 4 is 12.1 Å². The molecular formula is C12H21NO4. The number of likely N-dealkylation sites (tertiary alicyclic amines) is 1. The molecular weight excluding hydrogens is 222 g/mol. The van der Waals surface area contributed by atoms with E-state index in [4.69, 9.17) is 9.84 Å². The van der Waals surface area contributed by atoms with E-state index in [2.05, 4.69) is 0 Å². The van der Waals surface area contributed by atoms with Crippen LogP contribution in [0.15, 0.2) is 0 Å². The molecule has 1 aliphatic heterocycles. The maximum Gasteiger partial charge on any atom is 0.411 e. The van der Waals surface area contributed by atoms with Crippen molar-refractivity contribution in [3.8, 4) is 0 Å². The summed E-state index contributed by atoms with van der Waals surface area (Å²) in [6.07, 6.45) is -0.541. The topological polar surface area (TPSA) is 66.8 Å². The minimum absolute atomic E-state index is 0.0555. The molecule has 5 heteroatoms. The second-order valence-corrected chi connectivity index (χ2v) is 5.75. The Morgan fingerprint density at radius 2 is 1.82 bits per heavy atom. The largest absolute Gasteiger partial charge is 0.480 e. The average Bonchev–Trinajstić information content (AvgIpc) is 2.40. The van der Waals surface area contributed by atoms with Gasteiger partial charge in [0.05, 0.1) is 0 Å². The van der Waals surface area contributed by atoms with Gasteiger partial charge in [0.1, 0.15) is 11.6 Å². The van der Waals surface area contributed by atoms with Gasteiger partial charge in [-0.1, -0.05) is 13.8 Å². The summed E-state index contributed by atoms with van der Waals surface area (Å²) in [6, 6.07) is -0.778. The molecule has 0 saturated carbocycles. The maximum absolute atomic E-state index is 11.9. The van der Waals surface area contributed by atoms with Crippen LogP contribution in [0.5, 0.6) is 0 Å². The van der Waals surface area contributed by atoms with Crippen LogP contribution in [0.25, 0.3) is 0 Å². The van der Waals surface area contributed by atoms with Gasteiger partial charge in [-0.05, 0) is 32.6 Å². The molecule has 5 nitrogen and oxygen atoms in total. The summed E-state index contributed by atoms with van der Waals surface area (Å²) in [5.74, 6) is -0.851. The number of carbonyl (C=O) groups is 2. The van der Waals surface area contributed by atoms with E-state index >= 15 is 0 Å². The number of carboxylic acid groups (broad SMARTS) is 1. The van der Waals surface area contributed by atoms with E-state index in [1.807, 2.05) is 13.8 Å². The number of hydrogen-bond donors (Lipinski definition) is 1. The zero-order chi connectivity index (χ0) is 13.4. The lowest BCUT2D eigenvalue weighted by Crippen LogP contribution is -2.45. The van der Waals surface area contributed by atoms with Crippen LogP contribution in [0, 0.1) is 11.8 Å². The van der Waals surface area contributed by atoms with Crippen molar-refractivity contribution in [3.63, 3.8) is 0 Å². The molecule has 1 heterocycles. The molecule has 98 valence electrons. The summed E-state index contributed by atoms with van der Waals surface area (Å²) in [5, 5.41) is 9.17. The molecule has 1 fully saturated rings. The molecule has 0 aromatic rings. The van der Waals surface area contributed by atoms with Gasteiger partial charge in [-0.15, -0.1) is 0 Å². The van der Waals surface area contributed by atoms with Gasteiger partial charge in [0, 0.05) is 6.54 Å². The van der Waals surface area contributed by atoms with Crippen LogP contribution in [-0.2, 0) is 9.53 Å². The first-order valence-electron chi connectivity index (χ1n) is 5.86. The van der Waals surface area contributed by atoms with E-state index in [0.29, 0.717) is 6.54 Å². The van der Waals surface area contributed by atoms with Crippen molar-refractivity contribution in [2.24, 2.45) is 11.8 Å². The molecule has 17 heavy (non-hydrogen) atoms. The van der Waals surface area contributed by atoms with Gasteiger partial charge in [-0.3, -0.25) is 4.90 Å². The second kappa shape index (κ2) is 4.55. The number of aliphatic carboxylic acids is 1. The summed E-state index contributed by atoms with van der Waals surface area (Å²) < 4.78 is 5.22. The van der Waals surface area contributed by atoms with E-state index in [1.165, 1.54) is 4.90 Å². The van der Waals surface area contributed by atoms with E-state index in [9.17, 15) is 9.59 Å². The monoisotopic (exact) mass is 243 g/mol. The van der Waals surface area contributed by atoms with Gasteiger partial charge in [0.15, 0.2) is 0 Å². The molecule has 1 saturated heterocycles. The summed E-state index contributed by atoms with van der Waals surface area (Å²) in [6.45, 7) is 9.54. The van der Waals surface area contributed by atoms with E-state index in [0.717, 1.165) is 0 Å². The molecule has 1 aliphatic rings. The van der Waals surface area contributed by atoms with Gasteiger partial charge < -0.3 is 9.84 Å². The number of rotatable bonds is 1. The van der Waals surface area contributed by atoms with Gasteiger partial charge in [0.2, 0.25) is 0 Å². The molecule has 1 N–H and O–H groups in total. The van der Waals surface area contributed by atoms with Crippen molar-refractivity contribution in [3.05, 3.63) is 0 Å². The molecule has 1 amide bonds. The third kappa shape index (κ3) is 3.11. The fourth-order valence-corrected chi connectivity index (χ4v) is 2.05. The highest BCUT2D eigenvalue weighted by atomic mass is 16.6. The minimum atomic E-state index is -0.965. The first-order chi connectivity index (χ1) is 7.63. The summed E-state index contributed by atoms with van der Waals surface area (Å²) in [7, 11) is 0. The van der Waals surface area contributed by atoms with Gasteiger partial charge in [-0.2, -0.15) is 0 Å². The highest BCUT2D eigenvalue weighted by molar-refractivity contribution is 5.81. The van der Waals surface area contributed by atoms with Crippen LogP contribution >= 0.6 is 0 Å². The van der Waals surface area contributed by atoms with Crippen molar-refractivity contribution < 1.29 is 19.4 Å². The predicted octanol–water partition coefficient (Wildman–Crippen LogP) is 1.96. The maximum atomic E-state index is 11.9. The third-order valence-corrected chi connectivity index (χ3v) is 3.10. The molecule has 0 bridgehead atoms. The Hall–Kier alpha value is -1.26. The van der Waals surface area contributed by atoms with Crippen molar-refractivity contribution in [1.82, 2.24) is 4.90 Å². The summed E-state index contributed by atoms with van der Waals surface area (Å²) in [4.78, 5) is 24.4. The van der Waals surface area contributed by atoms with Crippen LogP contribution in [0.4, 0.5) is 4.79 Å². The second-order valence-electron chi connectivity index (χ2n) is 5.75. The van der Waals surface area contributed by atoms with Crippen molar-refractivity contribution in [2.45, 2.75) is 46.3 Å². The van der Waals surface area contributed by atoms with Crippen LogP contribution in [0.1, 0.15) is 34.6 Å². The Balaban J connectivity index is 2.82. The Morgan fingerprint density at radius 1 is 1.29 bits per heavy atom. The summed E-state index contributed by atoms with van der Waals surface area (Å²) in [5.41, 5.74) is -0.602. The predicted molar refractivity (Wildman–Crippen MR) is 62.7 cm³/mol. The van der Waals surface area contributed by atoms with Gasteiger partial charge in [0.25, 0.3) is 0 Å². The zero-order valence-corrected chi connectivity index (χ0v) is 11.1. The number of nitrogens with zero attached hydrogens (tertiary/aromatic N) is 1. The average molecular weight is 243 g/mol. The molecule has 1 rings (SSSR count). The number of carboxylic acids is 1. The Kier molecular flexibility index (Phi) is 3.69. The molecule has 0 radical (unpaired) electrons. The van der Waals surface area contributed by atoms with Crippen LogP contribution in [0.2, 0.25) is 0 Å². The highest BCUT2D eigenvalue weighted by Gasteiger charge is 2.45. The van der Waals surface area contributed by atoms with E-state index < -0.39 is 23.7 Å². The third-order valence-electron chi connectivity index (χ3n) is 3.10. The lowest BCUT2D eigenvalue weighted by Gasteiger charge is -2.27. The van der Waals surface area contributed by atoms with Crippen molar-refractivity contribution in [1.29, 1.82) is 0 Å². The number of ether oxygens (including phenoxy) is 1. The fourth-order valence-electron chi connectivity index (χ4n) is 2.05.